The summed E-state index contributed by atoms with van der Waals surface area (Å²) in [6.45, 7) is 1.65. The standard InChI is InChI=1S/C19H21N5O2S/c25-18(2-1-8-21-19(26)17-7-9-27-12-17)22-10-15-3-5-16(6-4-15)11-24-14-20-13-23-24/h3-7,9,12-14H,1-2,8,10-11H2,(H,21,26)(H,22,25). The van der Waals surface area contributed by atoms with Crippen molar-refractivity contribution in [2.45, 2.75) is 25.9 Å². The lowest BCUT2D eigenvalue weighted by molar-refractivity contribution is -0.121. The zero-order valence-electron chi connectivity index (χ0n) is 14.8. The molecule has 1 aromatic carbocycles. The van der Waals surface area contributed by atoms with Crippen LogP contribution >= 0.6 is 11.3 Å². The quantitative estimate of drug-likeness (QED) is 0.555. The third-order valence-corrected chi connectivity index (χ3v) is 4.66. The van der Waals surface area contributed by atoms with Gasteiger partial charge in [-0.15, -0.1) is 0 Å². The van der Waals surface area contributed by atoms with Crippen LogP contribution in [-0.4, -0.2) is 33.1 Å². The second-order valence-electron chi connectivity index (χ2n) is 6.06. The van der Waals surface area contributed by atoms with E-state index in [-0.39, 0.29) is 11.8 Å². The minimum absolute atomic E-state index is 0.0218. The van der Waals surface area contributed by atoms with Gasteiger partial charge in [0.15, 0.2) is 0 Å². The Hall–Kier alpha value is -3.00. The Kier molecular flexibility index (Phi) is 6.70. The summed E-state index contributed by atoms with van der Waals surface area (Å²) in [5.74, 6) is -0.117. The normalized spacial score (nSPS) is 10.5. The summed E-state index contributed by atoms with van der Waals surface area (Å²) in [6.07, 6.45) is 4.18. The van der Waals surface area contributed by atoms with Gasteiger partial charge in [-0.3, -0.25) is 9.59 Å². The van der Waals surface area contributed by atoms with Crippen molar-refractivity contribution in [1.82, 2.24) is 25.4 Å². The largest absolute Gasteiger partial charge is 0.352 e. The summed E-state index contributed by atoms with van der Waals surface area (Å²) in [6, 6.07) is 9.80. The number of amides is 2. The average Bonchev–Trinajstić information content (AvgIpc) is 3.38. The second kappa shape index (κ2) is 9.63. The van der Waals surface area contributed by atoms with E-state index in [2.05, 4.69) is 20.7 Å². The highest BCUT2D eigenvalue weighted by Gasteiger charge is 2.06. The molecule has 0 bridgehead atoms. The first-order valence-corrected chi connectivity index (χ1v) is 9.62. The number of hydrogen-bond donors (Lipinski definition) is 2. The van der Waals surface area contributed by atoms with Crippen LogP contribution in [-0.2, 0) is 17.9 Å². The number of aromatic nitrogens is 3. The molecular weight excluding hydrogens is 362 g/mol. The summed E-state index contributed by atoms with van der Waals surface area (Å²) in [7, 11) is 0. The van der Waals surface area contributed by atoms with Crippen molar-refractivity contribution in [3.05, 3.63) is 70.4 Å². The van der Waals surface area contributed by atoms with Crippen LogP contribution in [0.4, 0.5) is 0 Å². The molecule has 0 radical (unpaired) electrons. The van der Waals surface area contributed by atoms with E-state index in [0.29, 0.717) is 38.0 Å². The molecule has 0 unspecified atom stereocenters. The molecule has 0 aliphatic rings. The molecule has 2 aromatic heterocycles. The van der Waals surface area contributed by atoms with Gasteiger partial charge in [0.25, 0.3) is 5.91 Å². The molecule has 3 aromatic rings. The fourth-order valence-corrected chi connectivity index (χ4v) is 3.14. The van der Waals surface area contributed by atoms with Gasteiger partial charge < -0.3 is 10.6 Å². The first-order chi connectivity index (χ1) is 13.2. The third-order valence-electron chi connectivity index (χ3n) is 3.97. The van der Waals surface area contributed by atoms with E-state index in [0.717, 1.165) is 11.1 Å². The molecule has 2 N–H and O–H groups in total. The zero-order valence-corrected chi connectivity index (χ0v) is 15.6. The molecule has 0 aliphatic carbocycles. The molecule has 27 heavy (non-hydrogen) atoms. The maximum Gasteiger partial charge on any atom is 0.252 e. The number of nitrogens with one attached hydrogen (secondary N) is 2. The van der Waals surface area contributed by atoms with Crippen molar-refractivity contribution in [2.24, 2.45) is 0 Å². The summed E-state index contributed by atoms with van der Waals surface area (Å²) >= 11 is 1.49. The van der Waals surface area contributed by atoms with Gasteiger partial charge in [-0.05, 0) is 29.0 Å². The minimum Gasteiger partial charge on any atom is -0.352 e. The molecule has 7 nitrogen and oxygen atoms in total. The number of hydrogen-bond acceptors (Lipinski definition) is 5. The molecule has 3 rings (SSSR count). The highest BCUT2D eigenvalue weighted by molar-refractivity contribution is 7.08. The SMILES string of the molecule is O=C(CCCNC(=O)c1ccsc1)NCc1ccc(Cn2cncn2)cc1. The third kappa shape index (κ3) is 6.03. The number of carbonyl (C=O) groups is 2. The van der Waals surface area contributed by atoms with Crippen molar-refractivity contribution >= 4 is 23.2 Å². The number of rotatable bonds is 9. The summed E-state index contributed by atoms with van der Waals surface area (Å²) in [5, 5.41) is 13.5. The van der Waals surface area contributed by atoms with E-state index in [1.807, 2.05) is 29.6 Å². The fraction of sp³-hybridized carbons (Fsp3) is 0.263. The van der Waals surface area contributed by atoms with E-state index in [9.17, 15) is 9.59 Å². The topological polar surface area (TPSA) is 88.9 Å². The molecular formula is C19H21N5O2S. The Morgan fingerprint density at radius 1 is 1.07 bits per heavy atom. The van der Waals surface area contributed by atoms with Gasteiger partial charge in [-0.25, -0.2) is 9.67 Å². The zero-order chi connectivity index (χ0) is 18.9. The maximum atomic E-state index is 11.9. The van der Waals surface area contributed by atoms with Gasteiger partial charge >= 0.3 is 0 Å². The number of nitrogens with zero attached hydrogens (tertiary/aromatic N) is 3. The maximum absolute atomic E-state index is 11.9. The van der Waals surface area contributed by atoms with Gasteiger partial charge in [0.05, 0.1) is 6.54 Å². The van der Waals surface area contributed by atoms with Gasteiger partial charge in [-0.1, -0.05) is 24.3 Å². The molecule has 2 heterocycles. The van der Waals surface area contributed by atoms with E-state index >= 15 is 0 Å². The van der Waals surface area contributed by atoms with Crippen molar-refractivity contribution < 1.29 is 9.59 Å². The van der Waals surface area contributed by atoms with Crippen LogP contribution in [0.2, 0.25) is 0 Å². The van der Waals surface area contributed by atoms with Crippen molar-refractivity contribution in [1.29, 1.82) is 0 Å². The molecule has 0 saturated heterocycles. The minimum atomic E-state index is -0.0948. The van der Waals surface area contributed by atoms with Crippen LogP contribution in [0.15, 0.2) is 53.7 Å². The Bertz CT molecular complexity index is 845. The summed E-state index contributed by atoms with van der Waals surface area (Å²) in [5.41, 5.74) is 2.82. The van der Waals surface area contributed by atoms with Gasteiger partial charge in [0.1, 0.15) is 12.7 Å². The van der Waals surface area contributed by atoms with Gasteiger partial charge in [-0.2, -0.15) is 16.4 Å². The molecule has 0 saturated carbocycles. The first kappa shape index (κ1) is 18.8. The molecule has 0 aliphatic heterocycles. The smallest absolute Gasteiger partial charge is 0.252 e. The van der Waals surface area contributed by atoms with E-state index in [1.165, 1.54) is 17.7 Å². The lowest BCUT2D eigenvalue weighted by atomic mass is 10.1. The fourth-order valence-electron chi connectivity index (χ4n) is 2.50. The van der Waals surface area contributed by atoms with Crippen LogP contribution in [0.25, 0.3) is 0 Å². The average molecular weight is 383 g/mol. The van der Waals surface area contributed by atoms with Crippen LogP contribution in [0.3, 0.4) is 0 Å². The highest BCUT2D eigenvalue weighted by Crippen LogP contribution is 2.07. The monoisotopic (exact) mass is 383 g/mol. The van der Waals surface area contributed by atoms with E-state index in [1.54, 1.807) is 22.5 Å². The molecule has 0 atom stereocenters. The Labute approximate surface area is 161 Å². The summed E-state index contributed by atoms with van der Waals surface area (Å²) < 4.78 is 1.76. The second-order valence-corrected chi connectivity index (χ2v) is 6.84. The van der Waals surface area contributed by atoms with E-state index in [4.69, 9.17) is 0 Å². The number of thiophene rings is 1. The lowest BCUT2D eigenvalue weighted by Gasteiger charge is -2.07. The predicted molar refractivity (Wildman–Crippen MR) is 103 cm³/mol. The van der Waals surface area contributed by atoms with Crippen LogP contribution < -0.4 is 10.6 Å². The molecule has 2 amide bonds. The molecule has 0 spiro atoms. The van der Waals surface area contributed by atoms with Crippen LogP contribution in [0.5, 0.6) is 0 Å². The molecule has 140 valence electrons. The summed E-state index contributed by atoms with van der Waals surface area (Å²) in [4.78, 5) is 27.6. The van der Waals surface area contributed by atoms with Crippen LogP contribution in [0.1, 0.15) is 34.3 Å². The Morgan fingerprint density at radius 2 is 1.89 bits per heavy atom. The number of benzene rings is 1. The number of carbonyl (C=O) groups excluding carboxylic acids is 2. The van der Waals surface area contributed by atoms with Crippen LogP contribution in [0, 0.1) is 0 Å². The van der Waals surface area contributed by atoms with Crippen molar-refractivity contribution in [2.75, 3.05) is 6.54 Å². The lowest BCUT2D eigenvalue weighted by Crippen LogP contribution is -2.27. The van der Waals surface area contributed by atoms with Crippen molar-refractivity contribution in [3.63, 3.8) is 0 Å². The highest BCUT2D eigenvalue weighted by atomic mass is 32.1. The first-order valence-electron chi connectivity index (χ1n) is 8.68. The molecule has 8 heteroatoms. The van der Waals surface area contributed by atoms with Gasteiger partial charge in [0.2, 0.25) is 5.91 Å². The van der Waals surface area contributed by atoms with Gasteiger partial charge in [0, 0.05) is 30.5 Å². The molecule has 0 fully saturated rings. The Morgan fingerprint density at radius 3 is 2.59 bits per heavy atom. The van der Waals surface area contributed by atoms with Crippen molar-refractivity contribution in [3.8, 4) is 0 Å². The Balaban J connectivity index is 1.32. The van der Waals surface area contributed by atoms with E-state index < -0.39 is 0 Å². The predicted octanol–water partition coefficient (Wildman–Crippen LogP) is 2.21.